The van der Waals surface area contributed by atoms with Gasteiger partial charge in [0.1, 0.15) is 0 Å². The van der Waals surface area contributed by atoms with Crippen molar-refractivity contribution in [1.29, 1.82) is 0 Å². The van der Waals surface area contributed by atoms with Gasteiger partial charge in [0.25, 0.3) is 0 Å². The standard InChI is InChI=1S/C24H41N5O/c1-2-25-24(26-13-6-16-28-17-11-23(30)12-18-28)27-19-21-7-9-22(10-8-21)20-29-14-4-3-5-15-29/h7-10,23,30H,2-6,11-20H2,1H3,(H2,25,26,27). The third-order valence-corrected chi connectivity index (χ3v) is 6.14. The Labute approximate surface area is 182 Å². The lowest BCUT2D eigenvalue weighted by atomic mass is 10.1. The molecule has 3 N–H and O–H groups in total. The second-order valence-electron chi connectivity index (χ2n) is 8.70. The van der Waals surface area contributed by atoms with Crippen LogP contribution in [0, 0.1) is 0 Å². The topological polar surface area (TPSA) is 63.1 Å². The predicted octanol–water partition coefficient (Wildman–Crippen LogP) is 2.57. The van der Waals surface area contributed by atoms with E-state index in [2.05, 4.69) is 51.6 Å². The zero-order valence-corrected chi connectivity index (χ0v) is 18.8. The first-order valence-electron chi connectivity index (χ1n) is 12.0. The first kappa shape index (κ1) is 23.0. The smallest absolute Gasteiger partial charge is 0.191 e. The van der Waals surface area contributed by atoms with Gasteiger partial charge in [-0.15, -0.1) is 0 Å². The molecule has 2 aliphatic heterocycles. The maximum atomic E-state index is 9.61. The summed E-state index contributed by atoms with van der Waals surface area (Å²) in [4.78, 5) is 9.77. The van der Waals surface area contributed by atoms with Gasteiger partial charge in [-0.2, -0.15) is 0 Å². The van der Waals surface area contributed by atoms with Gasteiger partial charge in [-0.05, 0) is 69.8 Å². The minimum absolute atomic E-state index is 0.0919. The van der Waals surface area contributed by atoms with E-state index in [0.29, 0.717) is 6.54 Å². The molecule has 6 heteroatoms. The van der Waals surface area contributed by atoms with Gasteiger partial charge in [0, 0.05) is 32.7 Å². The van der Waals surface area contributed by atoms with Crippen LogP contribution in [0.4, 0.5) is 0 Å². The van der Waals surface area contributed by atoms with Gasteiger partial charge in [-0.25, -0.2) is 4.99 Å². The van der Waals surface area contributed by atoms with Crippen LogP contribution in [-0.2, 0) is 13.1 Å². The Kier molecular flexibility index (Phi) is 9.93. The van der Waals surface area contributed by atoms with E-state index in [0.717, 1.165) is 64.5 Å². The van der Waals surface area contributed by atoms with E-state index in [4.69, 9.17) is 4.99 Å². The van der Waals surface area contributed by atoms with Crippen LogP contribution in [0.15, 0.2) is 29.3 Å². The molecule has 1 aromatic rings. The molecule has 2 saturated heterocycles. The average Bonchev–Trinajstić information content (AvgIpc) is 2.78. The van der Waals surface area contributed by atoms with Crippen LogP contribution in [0.5, 0.6) is 0 Å². The van der Waals surface area contributed by atoms with Crippen LogP contribution < -0.4 is 10.6 Å². The number of hydrogen-bond acceptors (Lipinski definition) is 4. The molecule has 0 aliphatic carbocycles. The Hall–Kier alpha value is -1.63. The number of hydrogen-bond donors (Lipinski definition) is 3. The third kappa shape index (κ3) is 8.25. The highest BCUT2D eigenvalue weighted by Gasteiger charge is 2.16. The predicted molar refractivity (Wildman–Crippen MR) is 125 cm³/mol. The molecule has 168 valence electrons. The van der Waals surface area contributed by atoms with Crippen molar-refractivity contribution in [2.75, 3.05) is 45.8 Å². The van der Waals surface area contributed by atoms with Crippen molar-refractivity contribution in [3.8, 4) is 0 Å². The van der Waals surface area contributed by atoms with E-state index in [-0.39, 0.29) is 6.10 Å². The van der Waals surface area contributed by atoms with Crippen molar-refractivity contribution < 1.29 is 5.11 Å². The highest BCUT2D eigenvalue weighted by Crippen LogP contribution is 2.14. The van der Waals surface area contributed by atoms with Crippen LogP contribution in [0.1, 0.15) is 56.6 Å². The molecular weight excluding hydrogens is 374 g/mol. The minimum atomic E-state index is -0.0919. The summed E-state index contributed by atoms with van der Waals surface area (Å²) in [5.41, 5.74) is 2.65. The number of aliphatic imine (C=N–C) groups is 1. The van der Waals surface area contributed by atoms with E-state index in [1.807, 2.05) is 0 Å². The van der Waals surface area contributed by atoms with E-state index >= 15 is 0 Å². The minimum Gasteiger partial charge on any atom is -0.393 e. The molecule has 6 nitrogen and oxygen atoms in total. The quantitative estimate of drug-likeness (QED) is 0.329. The molecule has 0 unspecified atom stereocenters. The van der Waals surface area contributed by atoms with Crippen LogP contribution in [0.25, 0.3) is 0 Å². The number of benzene rings is 1. The van der Waals surface area contributed by atoms with E-state index in [1.165, 1.54) is 43.5 Å². The number of nitrogens with zero attached hydrogens (tertiary/aromatic N) is 3. The van der Waals surface area contributed by atoms with Gasteiger partial charge in [-0.1, -0.05) is 30.7 Å². The summed E-state index contributed by atoms with van der Waals surface area (Å²) in [6.07, 6.45) is 6.89. The van der Waals surface area contributed by atoms with Crippen LogP contribution in [-0.4, -0.2) is 72.8 Å². The van der Waals surface area contributed by atoms with Crippen molar-refractivity contribution in [3.05, 3.63) is 35.4 Å². The molecule has 3 rings (SSSR count). The summed E-state index contributed by atoms with van der Waals surface area (Å²) in [5, 5.41) is 16.4. The average molecular weight is 416 g/mol. The third-order valence-electron chi connectivity index (χ3n) is 6.14. The van der Waals surface area contributed by atoms with Gasteiger partial charge in [0.2, 0.25) is 0 Å². The fraction of sp³-hybridized carbons (Fsp3) is 0.708. The molecule has 0 radical (unpaired) electrons. The Balaban J connectivity index is 1.38. The molecular formula is C24H41N5O. The summed E-state index contributed by atoms with van der Waals surface area (Å²) in [6.45, 7) is 11.2. The number of aliphatic hydroxyl groups excluding tert-OH is 1. The fourth-order valence-corrected chi connectivity index (χ4v) is 4.29. The highest BCUT2D eigenvalue weighted by molar-refractivity contribution is 5.79. The van der Waals surface area contributed by atoms with Crippen LogP contribution in [0.2, 0.25) is 0 Å². The lowest BCUT2D eigenvalue weighted by molar-refractivity contribution is 0.0823. The zero-order valence-electron chi connectivity index (χ0n) is 18.8. The number of rotatable bonds is 9. The fourth-order valence-electron chi connectivity index (χ4n) is 4.29. The number of aliphatic hydroxyl groups is 1. The zero-order chi connectivity index (χ0) is 21.0. The molecule has 0 amide bonds. The summed E-state index contributed by atoms with van der Waals surface area (Å²) >= 11 is 0. The molecule has 2 fully saturated rings. The summed E-state index contributed by atoms with van der Waals surface area (Å²) < 4.78 is 0. The molecule has 2 aliphatic rings. The maximum absolute atomic E-state index is 9.61. The Bertz CT molecular complexity index is 619. The monoisotopic (exact) mass is 415 g/mol. The van der Waals surface area contributed by atoms with Crippen molar-refractivity contribution in [2.24, 2.45) is 4.99 Å². The number of nitrogens with one attached hydrogen (secondary N) is 2. The van der Waals surface area contributed by atoms with Crippen LogP contribution in [0.3, 0.4) is 0 Å². The maximum Gasteiger partial charge on any atom is 0.191 e. The van der Waals surface area contributed by atoms with Gasteiger partial charge in [-0.3, -0.25) is 4.90 Å². The molecule has 0 aromatic heterocycles. The van der Waals surface area contributed by atoms with Gasteiger partial charge in [0.15, 0.2) is 5.96 Å². The Morgan fingerprint density at radius 3 is 2.37 bits per heavy atom. The summed E-state index contributed by atoms with van der Waals surface area (Å²) in [6, 6.07) is 8.96. The SMILES string of the molecule is CCNC(=NCc1ccc(CN2CCCCC2)cc1)NCCCN1CCC(O)CC1. The van der Waals surface area contributed by atoms with Crippen molar-refractivity contribution in [1.82, 2.24) is 20.4 Å². The normalized spacial score (nSPS) is 19.7. The van der Waals surface area contributed by atoms with E-state index in [9.17, 15) is 5.11 Å². The lowest BCUT2D eigenvalue weighted by Crippen LogP contribution is -2.40. The first-order valence-corrected chi connectivity index (χ1v) is 12.0. The van der Waals surface area contributed by atoms with Gasteiger partial charge >= 0.3 is 0 Å². The van der Waals surface area contributed by atoms with E-state index in [1.54, 1.807) is 0 Å². The number of likely N-dealkylation sites (tertiary alicyclic amines) is 2. The molecule has 2 heterocycles. The van der Waals surface area contributed by atoms with Crippen LogP contribution >= 0.6 is 0 Å². The Morgan fingerprint density at radius 2 is 1.67 bits per heavy atom. The summed E-state index contributed by atoms with van der Waals surface area (Å²) in [5.74, 6) is 0.893. The molecule has 30 heavy (non-hydrogen) atoms. The first-order chi connectivity index (χ1) is 14.7. The molecule has 0 saturated carbocycles. The number of piperidine rings is 2. The highest BCUT2D eigenvalue weighted by atomic mass is 16.3. The second-order valence-corrected chi connectivity index (χ2v) is 8.70. The Morgan fingerprint density at radius 1 is 0.967 bits per heavy atom. The van der Waals surface area contributed by atoms with E-state index < -0.39 is 0 Å². The molecule has 0 bridgehead atoms. The largest absolute Gasteiger partial charge is 0.393 e. The lowest BCUT2D eigenvalue weighted by Gasteiger charge is -2.29. The van der Waals surface area contributed by atoms with Gasteiger partial charge in [0.05, 0.1) is 12.6 Å². The van der Waals surface area contributed by atoms with Gasteiger partial charge < -0.3 is 20.6 Å². The number of guanidine groups is 1. The molecule has 0 spiro atoms. The molecule has 1 aromatic carbocycles. The second kappa shape index (κ2) is 12.9. The summed E-state index contributed by atoms with van der Waals surface area (Å²) in [7, 11) is 0. The molecule has 0 atom stereocenters. The van der Waals surface area contributed by atoms with Crippen molar-refractivity contribution in [2.45, 2.75) is 64.6 Å². The van der Waals surface area contributed by atoms with Crippen molar-refractivity contribution >= 4 is 5.96 Å². The van der Waals surface area contributed by atoms with Crippen molar-refractivity contribution in [3.63, 3.8) is 0 Å².